The van der Waals surface area contributed by atoms with Crippen LogP contribution in [0.5, 0.6) is 0 Å². The van der Waals surface area contributed by atoms with Gasteiger partial charge in [-0.1, -0.05) is 84.9 Å². The van der Waals surface area contributed by atoms with Crippen molar-refractivity contribution in [1.29, 1.82) is 0 Å². The summed E-state index contributed by atoms with van der Waals surface area (Å²) in [6, 6.07) is 29.9. The lowest BCUT2D eigenvalue weighted by Gasteiger charge is -2.33. The third-order valence-electron chi connectivity index (χ3n) is 6.76. The molecule has 0 spiro atoms. The van der Waals surface area contributed by atoms with E-state index in [2.05, 4.69) is 5.32 Å². The fourth-order valence-corrected chi connectivity index (χ4v) is 4.99. The fraction of sp³-hybridized carbons (Fsp3) is 0.194. The van der Waals surface area contributed by atoms with Crippen molar-refractivity contribution >= 4 is 34.2 Å². The van der Waals surface area contributed by atoms with Crippen molar-refractivity contribution in [3.8, 4) is 0 Å². The highest BCUT2D eigenvalue weighted by molar-refractivity contribution is 6.26. The van der Waals surface area contributed by atoms with Crippen LogP contribution in [0.3, 0.4) is 0 Å². The van der Waals surface area contributed by atoms with Gasteiger partial charge in [0.25, 0.3) is 5.91 Å². The molecular formula is C31H29N3O3. The Morgan fingerprint density at radius 2 is 1.49 bits per heavy atom. The zero-order chi connectivity index (χ0) is 25.8. The van der Waals surface area contributed by atoms with E-state index in [9.17, 15) is 14.4 Å². The van der Waals surface area contributed by atoms with Crippen LogP contribution in [-0.4, -0.2) is 41.8 Å². The summed E-state index contributed by atoms with van der Waals surface area (Å²) in [4.78, 5) is 43.9. The molecule has 0 unspecified atom stereocenters. The topological polar surface area (TPSA) is 69.7 Å². The summed E-state index contributed by atoms with van der Waals surface area (Å²) in [5, 5.41) is 4.73. The second kappa shape index (κ2) is 10.7. The average molecular weight is 492 g/mol. The molecule has 6 heteroatoms. The van der Waals surface area contributed by atoms with E-state index in [0.29, 0.717) is 18.5 Å². The van der Waals surface area contributed by atoms with Crippen LogP contribution >= 0.6 is 0 Å². The number of rotatable bonds is 9. The van der Waals surface area contributed by atoms with Crippen LogP contribution in [0.1, 0.15) is 28.4 Å². The van der Waals surface area contributed by atoms with Gasteiger partial charge < -0.3 is 10.2 Å². The lowest BCUT2D eigenvalue weighted by Crippen LogP contribution is -2.53. The minimum absolute atomic E-state index is 0.149. The maximum absolute atomic E-state index is 14.0. The first kappa shape index (κ1) is 24.3. The van der Waals surface area contributed by atoms with Gasteiger partial charge in [-0.2, -0.15) is 0 Å². The molecule has 1 heterocycles. The predicted octanol–water partition coefficient (Wildman–Crippen LogP) is 4.58. The zero-order valence-corrected chi connectivity index (χ0v) is 20.8. The molecule has 6 nitrogen and oxygen atoms in total. The predicted molar refractivity (Wildman–Crippen MR) is 145 cm³/mol. The molecule has 4 aromatic carbocycles. The van der Waals surface area contributed by atoms with Crippen LogP contribution in [-0.2, 0) is 22.6 Å². The zero-order valence-electron chi connectivity index (χ0n) is 20.8. The Balaban J connectivity index is 1.49. The summed E-state index contributed by atoms with van der Waals surface area (Å²) < 4.78 is 0. The number of hydrogen-bond acceptors (Lipinski definition) is 3. The van der Waals surface area contributed by atoms with Crippen molar-refractivity contribution in [3.05, 3.63) is 114 Å². The summed E-state index contributed by atoms with van der Waals surface area (Å²) in [5.41, 5.74) is 3.19. The Morgan fingerprint density at radius 1 is 0.838 bits per heavy atom. The van der Waals surface area contributed by atoms with E-state index in [0.717, 1.165) is 27.6 Å². The summed E-state index contributed by atoms with van der Waals surface area (Å²) in [7, 11) is 0. The Labute approximate surface area is 216 Å². The molecule has 37 heavy (non-hydrogen) atoms. The van der Waals surface area contributed by atoms with Crippen LogP contribution in [0.15, 0.2) is 97.1 Å². The van der Waals surface area contributed by atoms with Crippen LogP contribution in [0, 0.1) is 0 Å². The van der Waals surface area contributed by atoms with Gasteiger partial charge in [-0.25, -0.2) is 0 Å². The average Bonchev–Trinajstić information content (AvgIpc) is 3.20. The van der Waals surface area contributed by atoms with E-state index in [-0.39, 0.29) is 30.8 Å². The highest BCUT2D eigenvalue weighted by Gasteiger charge is 2.35. The number of nitrogens with zero attached hydrogens (tertiary/aromatic N) is 2. The first-order valence-electron chi connectivity index (χ1n) is 12.6. The molecule has 5 rings (SSSR count). The Bertz CT molecular complexity index is 1430. The number of anilines is 1. The SMILES string of the molecule is CCNC(=O)[C@@H](Cc1ccccc1)N(Cc1ccccc1)C(=O)CN1C(=O)c2cccc3cccc1c23. The lowest BCUT2D eigenvalue weighted by atomic mass is 10.0. The number of carbonyl (C=O) groups is 3. The second-order valence-corrected chi connectivity index (χ2v) is 9.18. The first-order chi connectivity index (χ1) is 18.1. The normalized spacial score (nSPS) is 13.0. The van der Waals surface area contributed by atoms with Crippen molar-refractivity contribution < 1.29 is 14.4 Å². The molecule has 0 aromatic heterocycles. The Hall–Kier alpha value is -4.45. The van der Waals surface area contributed by atoms with Gasteiger partial charge in [0, 0.05) is 30.5 Å². The number of benzene rings is 4. The first-order valence-corrected chi connectivity index (χ1v) is 12.6. The van der Waals surface area contributed by atoms with Gasteiger partial charge in [-0.05, 0) is 35.6 Å². The summed E-state index contributed by atoms with van der Waals surface area (Å²) in [6.07, 6.45) is 0.370. The molecule has 0 fully saturated rings. The smallest absolute Gasteiger partial charge is 0.259 e. The standard InChI is InChI=1S/C31H29N3O3/c1-2-32-30(36)27(19-22-11-5-3-6-12-22)33(20-23-13-7-4-8-14-23)28(35)21-34-26-18-10-16-24-15-9-17-25(29(24)26)31(34)37/h3-18,27H,2,19-21H2,1H3,(H,32,36)/t27-/m1/s1. The minimum atomic E-state index is -0.731. The van der Waals surface area contributed by atoms with Crippen molar-refractivity contribution in [2.45, 2.75) is 25.9 Å². The molecular weight excluding hydrogens is 462 g/mol. The molecule has 0 radical (unpaired) electrons. The quantitative estimate of drug-likeness (QED) is 0.373. The van der Waals surface area contributed by atoms with Gasteiger partial charge in [0.05, 0.1) is 5.69 Å². The van der Waals surface area contributed by atoms with Crippen molar-refractivity contribution in [1.82, 2.24) is 10.2 Å². The minimum Gasteiger partial charge on any atom is -0.355 e. The Morgan fingerprint density at radius 3 is 2.16 bits per heavy atom. The van der Waals surface area contributed by atoms with Crippen molar-refractivity contribution in [3.63, 3.8) is 0 Å². The molecule has 0 bridgehead atoms. The van der Waals surface area contributed by atoms with Gasteiger partial charge >= 0.3 is 0 Å². The summed E-state index contributed by atoms with van der Waals surface area (Å²) in [5.74, 6) is -0.694. The highest BCUT2D eigenvalue weighted by Crippen LogP contribution is 2.37. The lowest BCUT2D eigenvalue weighted by molar-refractivity contribution is -0.140. The van der Waals surface area contributed by atoms with E-state index in [1.807, 2.05) is 97.9 Å². The molecule has 1 aliphatic rings. The van der Waals surface area contributed by atoms with Crippen molar-refractivity contribution in [2.24, 2.45) is 0 Å². The summed E-state index contributed by atoms with van der Waals surface area (Å²) >= 11 is 0. The molecule has 1 aliphatic heterocycles. The molecule has 0 saturated heterocycles. The number of hydrogen-bond donors (Lipinski definition) is 1. The number of carbonyl (C=O) groups excluding carboxylic acids is 3. The number of amides is 3. The van der Waals surface area contributed by atoms with E-state index in [4.69, 9.17) is 0 Å². The number of likely N-dealkylation sites (N-methyl/N-ethyl adjacent to an activating group) is 1. The van der Waals surface area contributed by atoms with Gasteiger partial charge in [0.1, 0.15) is 12.6 Å². The molecule has 3 amide bonds. The maximum Gasteiger partial charge on any atom is 0.259 e. The third-order valence-corrected chi connectivity index (χ3v) is 6.76. The molecule has 186 valence electrons. The van der Waals surface area contributed by atoms with Gasteiger partial charge in [0.2, 0.25) is 11.8 Å². The van der Waals surface area contributed by atoms with Gasteiger partial charge in [-0.15, -0.1) is 0 Å². The molecule has 4 aromatic rings. The molecule has 1 N–H and O–H groups in total. The monoisotopic (exact) mass is 491 g/mol. The second-order valence-electron chi connectivity index (χ2n) is 9.18. The van der Waals surface area contributed by atoms with Crippen molar-refractivity contribution in [2.75, 3.05) is 18.0 Å². The number of nitrogens with one attached hydrogen (secondary N) is 1. The Kier molecular flexibility index (Phi) is 6.99. The van der Waals surface area contributed by atoms with E-state index < -0.39 is 6.04 Å². The molecule has 1 atom stereocenters. The third kappa shape index (κ3) is 4.96. The molecule has 0 saturated carbocycles. The fourth-order valence-electron chi connectivity index (χ4n) is 4.99. The van der Waals surface area contributed by atoms with Crippen LogP contribution in [0.25, 0.3) is 10.8 Å². The van der Waals surface area contributed by atoms with E-state index >= 15 is 0 Å². The van der Waals surface area contributed by atoms with Gasteiger partial charge in [-0.3, -0.25) is 19.3 Å². The van der Waals surface area contributed by atoms with Crippen LogP contribution in [0.4, 0.5) is 5.69 Å². The molecule has 0 aliphatic carbocycles. The van der Waals surface area contributed by atoms with Crippen LogP contribution < -0.4 is 10.2 Å². The van der Waals surface area contributed by atoms with E-state index in [1.54, 1.807) is 11.0 Å². The van der Waals surface area contributed by atoms with E-state index in [1.165, 1.54) is 4.90 Å². The largest absolute Gasteiger partial charge is 0.355 e. The van der Waals surface area contributed by atoms with Crippen LogP contribution in [0.2, 0.25) is 0 Å². The van der Waals surface area contributed by atoms with Gasteiger partial charge in [0.15, 0.2) is 0 Å². The maximum atomic E-state index is 14.0. The highest BCUT2D eigenvalue weighted by atomic mass is 16.2. The summed E-state index contributed by atoms with van der Waals surface area (Å²) in [6.45, 7) is 2.43.